The Bertz CT molecular complexity index is 4390. The zero-order valence-electron chi connectivity index (χ0n) is 33.0. The Hall–Kier alpha value is -8.48. The first-order valence-corrected chi connectivity index (χ1v) is 21.1. The van der Waals surface area contributed by atoms with Crippen LogP contribution in [0.3, 0.4) is 0 Å². The van der Waals surface area contributed by atoms with E-state index >= 15 is 0 Å². The Morgan fingerprint density at radius 3 is 1.85 bits per heavy atom. The highest BCUT2D eigenvalue weighted by Crippen LogP contribution is 2.48. The van der Waals surface area contributed by atoms with Gasteiger partial charge in [0.15, 0.2) is 0 Å². The van der Waals surface area contributed by atoms with Crippen molar-refractivity contribution in [3.05, 3.63) is 188 Å². The molecule has 0 saturated carbocycles. The number of benzene rings is 9. The zero-order chi connectivity index (χ0) is 40.2. The SMILES string of the molecule is c1ccc(-n2c3ccccc3c3ccc(-c4nc(-n5c6ccccc6c6c7c8ccc9ccccc9c8n8c9ccccc9c(cc65)c78)nc5oc6ccccc6c45)cc32)cc1. The second kappa shape index (κ2) is 11.6. The van der Waals surface area contributed by atoms with E-state index in [4.69, 9.17) is 14.4 Å². The summed E-state index contributed by atoms with van der Waals surface area (Å²) in [5.74, 6) is 0.563. The van der Waals surface area contributed by atoms with Crippen LogP contribution < -0.4 is 0 Å². The monoisotopic (exact) mass is 789 g/mol. The highest BCUT2D eigenvalue weighted by molar-refractivity contribution is 6.37. The average molecular weight is 790 g/mol. The van der Waals surface area contributed by atoms with E-state index in [9.17, 15) is 0 Å². The first kappa shape index (κ1) is 32.4. The number of furan rings is 1. The molecule has 0 atom stereocenters. The van der Waals surface area contributed by atoms with Crippen molar-refractivity contribution < 1.29 is 4.42 Å². The molecule has 0 amide bonds. The molecule has 0 fully saturated rings. The first-order valence-electron chi connectivity index (χ1n) is 21.1. The van der Waals surface area contributed by atoms with Gasteiger partial charge in [0.2, 0.25) is 11.7 Å². The standard InChI is InChI=1S/C56H31N5O/c1-2-15-34(16-3-1)59-43-22-10-6-18-36(43)38-28-27-33(30-46(38)59)52-51-40-21-9-13-25-48(40)62-55(51)58-56(57-52)60-45-24-12-8-20-39(45)49-47(60)31-42-37-19-7-11-23-44(37)61-53-35-17-5-4-14-32(35)26-29-41(53)50(49)54(42)61/h1-31H. The fraction of sp³-hybridized carbons (Fsp3) is 0. The molecule has 6 aromatic heterocycles. The normalized spacial score (nSPS) is 12.5. The molecule has 62 heavy (non-hydrogen) atoms. The molecule has 0 radical (unpaired) electrons. The fourth-order valence-corrected chi connectivity index (χ4v) is 10.9. The van der Waals surface area contributed by atoms with Crippen molar-refractivity contribution in [2.45, 2.75) is 0 Å². The third-order valence-electron chi connectivity index (χ3n) is 13.4. The number of rotatable bonds is 3. The number of para-hydroxylation sites is 5. The molecule has 0 aliphatic rings. The molecule has 15 aromatic rings. The number of fused-ring (bicyclic) bond motifs is 18. The summed E-state index contributed by atoms with van der Waals surface area (Å²) in [5.41, 5.74) is 12.3. The number of hydrogen-bond acceptors (Lipinski definition) is 3. The van der Waals surface area contributed by atoms with Gasteiger partial charge < -0.3 is 13.4 Å². The molecule has 0 bridgehead atoms. The van der Waals surface area contributed by atoms with Gasteiger partial charge in [0.1, 0.15) is 5.58 Å². The Labute approximate surface area is 352 Å². The lowest BCUT2D eigenvalue weighted by molar-refractivity contribution is 0.651. The topological polar surface area (TPSA) is 53.2 Å². The highest BCUT2D eigenvalue weighted by Gasteiger charge is 2.27. The van der Waals surface area contributed by atoms with E-state index in [0.717, 1.165) is 60.8 Å². The smallest absolute Gasteiger partial charge is 0.238 e. The van der Waals surface area contributed by atoms with Crippen LogP contribution in [0, 0.1) is 0 Å². The molecular formula is C56H31N5O. The van der Waals surface area contributed by atoms with E-state index in [1.807, 2.05) is 12.1 Å². The molecule has 9 aromatic carbocycles. The minimum absolute atomic E-state index is 0.555. The van der Waals surface area contributed by atoms with Gasteiger partial charge in [0, 0.05) is 65.1 Å². The summed E-state index contributed by atoms with van der Waals surface area (Å²) in [6.45, 7) is 0. The van der Waals surface area contributed by atoms with Crippen molar-refractivity contribution in [2.75, 3.05) is 0 Å². The van der Waals surface area contributed by atoms with Crippen LogP contribution >= 0.6 is 0 Å². The summed E-state index contributed by atoms with van der Waals surface area (Å²) >= 11 is 0. The van der Waals surface area contributed by atoms with Crippen molar-refractivity contribution in [2.24, 2.45) is 0 Å². The van der Waals surface area contributed by atoms with Gasteiger partial charge in [0.25, 0.3) is 0 Å². The molecule has 0 N–H and O–H groups in total. The number of nitrogens with zero attached hydrogens (tertiary/aromatic N) is 5. The third-order valence-corrected chi connectivity index (χ3v) is 13.4. The average Bonchev–Trinajstić information content (AvgIpc) is 4.13. The first-order chi connectivity index (χ1) is 30.8. The van der Waals surface area contributed by atoms with E-state index in [1.54, 1.807) is 0 Å². The summed E-state index contributed by atoms with van der Waals surface area (Å²) in [7, 11) is 0. The van der Waals surface area contributed by atoms with E-state index in [0.29, 0.717) is 11.7 Å². The molecule has 0 unspecified atom stereocenters. The van der Waals surface area contributed by atoms with Gasteiger partial charge in [-0.05, 0) is 53.9 Å². The van der Waals surface area contributed by atoms with Crippen LogP contribution in [-0.4, -0.2) is 23.5 Å². The maximum atomic E-state index is 6.69. The summed E-state index contributed by atoms with van der Waals surface area (Å²) in [4.78, 5) is 11.0. The fourth-order valence-electron chi connectivity index (χ4n) is 10.9. The zero-order valence-corrected chi connectivity index (χ0v) is 33.0. The molecule has 6 nitrogen and oxygen atoms in total. The van der Waals surface area contributed by atoms with Gasteiger partial charge >= 0.3 is 0 Å². The molecular weight excluding hydrogens is 759 g/mol. The molecule has 6 heterocycles. The molecule has 0 aliphatic carbocycles. The van der Waals surface area contributed by atoms with Gasteiger partial charge in [-0.25, -0.2) is 4.98 Å². The molecule has 6 heteroatoms. The van der Waals surface area contributed by atoms with E-state index in [1.165, 1.54) is 65.0 Å². The van der Waals surface area contributed by atoms with Gasteiger partial charge in [-0.3, -0.25) is 4.57 Å². The van der Waals surface area contributed by atoms with Gasteiger partial charge in [-0.15, -0.1) is 0 Å². The quantitative estimate of drug-likeness (QED) is 0.179. The van der Waals surface area contributed by atoms with Crippen molar-refractivity contribution in [1.29, 1.82) is 0 Å². The van der Waals surface area contributed by atoms with Gasteiger partial charge in [0.05, 0.1) is 49.7 Å². The van der Waals surface area contributed by atoms with Crippen LogP contribution in [0.25, 0.3) is 137 Å². The van der Waals surface area contributed by atoms with Crippen molar-refractivity contribution >= 4 is 115 Å². The largest absolute Gasteiger partial charge is 0.437 e. The summed E-state index contributed by atoms with van der Waals surface area (Å²) < 4.78 is 13.8. The lowest BCUT2D eigenvalue weighted by Gasteiger charge is -2.11. The lowest BCUT2D eigenvalue weighted by atomic mass is 10.00. The van der Waals surface area contributed by atoms with Crippen LogP contribution in [0.5, 0.6) is 0 Å². The predicted octanol–water partition coefficient (Wildman–Crippen LogP) is 14.5. The third kappa shape index (κ3) is 4.04. The van der Waals surface area contributed by atoms with Crippen molar-refractivity contribution in [3.8, 4) is 22.9 Å². The number of hydrogen-bond donors (Lipinski definition) is 0. The lowest BCUT2D eigenvalue weighted by Crippen LogP contribution is -2.03. The Morgan fingerprint density at radius 1 is 0.371 bits per heavy atom. The maximum Gasteiger partial charge on any atom is 0.238 e. The molecule has 15 rings (SSSR count). The summed E-state index contributed by atoms with van der Waals surface area (Å²) in [6, 6.07) is 67.5. The molecule has 286 valence electrons. The van der Waals surface area contributed by atoms with Crippen LogP contribution in [0.4, 0.5) is 0 Å². The minimum atomic E-state index is 0.555. The van der Waals surface area contributed by atoms with E-state index < -0.39 is 0 Å². The van der Waals surface area contributed by atoms with Gasteiger partial charge in [-0.2, -0.15) is 4.98 Å². The van der Waals surface area contributed by atoms with Gasteiger partial charge in [-0.1, -0.05) is 140 Å². The summed E-state index contributed by atoms with van der Waals surface area (Å²) in [5, 5.41) is 14.0. The maximum absolute atomic E-state index is 6.69. The van der Waals surface area contributed by atoms with Crippen molar-refractivity contribution in [1.82, 2.24) is 23.5 Å². The highest BCUT2D eigenvalue weighted by atomic mass is 16.3. The Kier molecular flexibility index (Phi) is 6.07. The van der Waals surface area contributed by atoms with Crippen LogP contribution in [0.15, 0.2) is 192 Å². The molecule has 0 aliphatic heterocycles. The molecule has 0 spiro atoms. The Morgan fingerprint density at radius 2 is 1.02 bits per heavy atom. The van der Waals surface area contributed by atoms with Crippen LogP contribution in [-0.2, 0) is 0 Å². The van der Waals surface area contributed by atoms with Crippen LogP contribution in [0.2, 0.25) is 0 Å². The van der Waals surface area contributed by atoms with Crippen LogP contribution in [0.1, 0.15) is 0 Å². The Balaban J connectivity index is 1.09. The minimum Gasteiger partial charge on any atom is -0.437 e. The molecule has 0 saturated heterocycles. The summed E-state index contributed by atoms with van der Waals surface area (Å²) in [6.07, 6.45) is 0. The second-order valence-electron chi connectivity index (χ2n) is 16.5. The van der Waals surface area contributed by atoms with E-state index in [-0.39, 0.29) is 0 Å². The van der Waals surface area contributed by atoms with E-state index in [2.05, 4.69) is 189 Å². The predicted molar refractivity (Wildman–Crippen MR) is 256 cm³/mol. The van der Waals surface area contributed by atoms with Crippen molar-refractivity contribution in [3.63, 3.8) is 0 Å². The second-order valence-corrected chi connectivity index (χ2v) is 16.5. The number of aromatic nitrogens is 5.